The van der Waals surface area contributed by atoms with Crippen LogP contribution in [-0.4, -0.2) is 24.4 Å². The van der Waals surface area contributed by atoms with E-state index in [-0.39, 0.29) is 18.7 Å². The van der Waals surface area contributed by atoms with Crippen molar-refractivity contribution in [3.63, 3.8) is 0 Å². The Morgan fingerprint density at radius 1 is 1.24 bits per heavy atom. The number of hydrazine groups is 1. The molecule has 2 rings (SSSR count). The van der Waals surface area contributed by atoms with Crippen molar-refractivity contribution in [1.82, 2.24) is 10.9 Å². The molecule has 4 nitrogen and oxygen atoms in total. The van der Waals surface area contributed by atoms with Gasteiger partial charge in [0.25, 0.3) is 0 Å². The van der Waals surface area contributed by atoms with Gasteiger partial charge in [-0.25, -0.2) is 5.43 Å². The average Bonchev–Trinajstić information content (AvgIpc) is 2.72. The maximum absolute atomic E-state index is 9.19. The predicted molar refractivity (Wildman–Crippen MR) is 66.7 cm³/mol. The van der Waals surface area contributed by atoms with Crippen LogP contribution < -0.4 is 15.6 Å². The summed E-state index contributed by atoms with van der Waals surface area (Å²) >= 11 is 0. The summed E-state index contributed by atoms with van der Waals surface area (Å²) in [5.74, 6) is 1.26. The second kappa shape index (κ2) is 5.49. The maximum atomic E-state index is 9.19. The van der Waals surface area contributed by atoms with Gasteiger partial charge in [0.05, 0.1) is 19.3 Å². The highest BCUT2D eigenvalue weighted by molar-refractivity contribution is 5.30. The number of benzene rings is 1. The third kappa shape index (κ3) is 2.60. The van der Waals surface area contributed by atoms with Gasteiger partial charge >= 0.3 is 0 Å². The first-order valence-electron chi connectivity index (χ1n) is 6.11. The van der Waals surface area contributed by atoms with Gasteiger partial charge in [-0.1, -0.05) is 19.1 Å². The fourth-order valence-electron chi connectivity index (χ4n) is 2.23. The average molecular weight is 236 g/mol. The molecule has 0 spiro atoms. The molecule has 1 fully saturated rings. The van der Waals surface area contributed by atoms with E-state index in [9.17, 15) is 5.11 Å². The summed E-state index contributed by atoms with van der Waals surface area (Å²) < 4.78 is 5.42. The molecule has 3 atom stereocenters. The molecule has 94 valence electrons. The van der Waals surface area contributed by atoms with Crippen molar-refractivity contribution in [1.29, 1.82) is 0 Å². The Bertz CT molecular complexity index is 353. The minimum absolute atomic E-state index is 0.117. The molecule has 1 aliphatic rings. The SMILES string of the molecule is CCOc1ccc(C2NNC(CO)C2C)cc1. The van der Waals surface area contributed by atoms with E-state index in [1.807, 2.05) is 19.1 Å². The van der Waals surface area contributed by atoms with Crippen LogP contribution in [0, 0.1) is 5.92 Å². The normalized spacial score (nSPS) is 28.3. The highest BCUT2D eigenvalue weighted by atomic mass is 16.5. The molecular weight excluding hydrogens is 216 g/mol. The number of rotatable bonds is 4. The van der Waals surface area contributed by atoms with E-state index in [0.717, 1.165) is 5.75 Å². The van der Waals surface area contributed by atoms with Crippen LogP contribution in [0.15, 0.2) is 24.3 Å². The summed E-state index contributed by atoms with van der Waals surface area (Å²) in [5.41, 5.74) is 7.55. The molecule has 1 saturated heterocycles. The minimum Gasteiger partial charge on any atom is -0.494 e. The molecular formula is C13H20N2O2. The first-order valence-corrected chi connectivity index (χ1v) is 6.11. The lowest BCUT2D eigenvalue weighted by Gasteiger charge is -2.17. The molecule has 0 aromatic heterocycles. The highest BCUT2D eigenvalue weighted by Gasteiger charge is 2.32. The molecule has 0 amide bonds. The fraction of sp³-hybridized carbons (Fsp3) is 0.538. The summed E-state index contributed by atoms with van der Waals surface area (Å²) in [6, 6.07) is 8.47. The number of hydrogen-bond donors (Lipinski definition) is 3. The van der Waals surface area contributed by atoms with Crippen LogP contribution in [0.5, 0.6) is 5.75 Å². The standard InChI is InChI=1S/C13H20N2O2/c1-3-17-11-6-4-10(5-7-11)13-9(2)12(8-16)14-15-13/h4-7,9,12-16H,3,8H2,1-2H3. The first-order chi connectivity index (χ1) is 8.26. The van der Waals surface area contributed by atoms with Gasteiger partial charge in [-0.3, -0.25) is 5.43 Å². The number of aliphatic hydroxyl groups is 1. The quantitative estimate of drug-likeness (QED) is 0.736. The van der Waals surface area contributed by atoms with Crippen LogP contribution in [0.4, 0.5) is 0 Å². The van der Waals surface area contributed by atoms with Gasteiger partial charge in [0.2, 0.25) is 0 Å². The zero-order chi connectivity index (χ0) is 12.3. The number of ether oxygens (including phenoxy) is 1. The molecule has 1 aliphatic heterocycles. The zero-order valence-corrected chi connectivity index (χ0v) is 10.3. The molecule has 4 heteroatoms. The van der Waals surface area contributed by atoms with Crippen molar-refractivity contribution in [3.05, 3.63) is 29.8 Å². The summed E-state index contributed by atoms with van der Waals surface area (Å²) in [5, 5.41) is 9.19. The lowest BCUT2D eigenvalue weighted by atomic mass is 9.91. The van der Waals surface area contributed by atoms with Gasteiger partial charge in [-0.15, -0.1) is 0 Å². The second-order valence-corrected chi connectivity index (χ2v) is 4.42. The van der Waals surface area contributed by atoms with Crippen molar-refractivity contribution < 1.29 is 9.84 Å². The number of aliphatic hydroxyl groups excluding tert-OH is 1. The lowest BCUT2D eigenvalue weighted by molar-refractivity contribution is 0.228. The van der Waals surface area contributed by atoms with E-state index in [2.05, 4.69) is 29.9 Å². The zero-order valence-electron chi connectivity index (χ0n) is 10.3. The Balaban J connectivity index is 2.07. The fourth-order valence-corrected chi connectivity index (χ4v) is 2.23. The molecule has 3 N–H and O–H groups in total. The monoisotopic (exact) mass is 236 g/mol. The van der Waals surface area contributed by atoms with Crippen LogP contribution in [-0.2, 0) is 0 Å². The van der Waals surface area contributed by atoms with E-state index < -0.39 is 0 Å². The topological polar surface area (TPSA) is 53.5 Å². The van der Waals surface area contributed by atoms with Crippen molar-refractivity contribution in [2.75, 3.05) is 13.2 Å². The van der Waals surface area contributed by atoms with E-state index in [0.29, 0.717) is 12.5 Å². The first kappa shape index (κ1) is 12.4. The summed E-state index contributed by atoms with van der Waals surface area (Å²) in [6.07, 6.45) is 0. The van der Waals surface area contributed by atoms with Crippen molar-refractivity contribution >= 4 is 0 Å². The summed E-state index contributed by atoms with van der Waals surface area (Å²) in [6.45, 7) is 4.95. The van der Waals surface area contributed by atoms with Crippen molar-refractivity contribution in [2.24, 2.45) is 5.92 Å². The Morgan fingerprint density at radius 2 is 1.94 bits per heavy atom. The Labute approximate surface area is 102 Å². The van der Waals surface area contributed by atoms with Gasteiger partial charge in [0.1, 0.15) is 5.75 Å². The molecule has 0 bridgehead atoms. The summed E-state index contributed by atoms with van der Waals surface area (Å²) in [7, 11) is 0. The van der Waals surface area contributed by atoms with Crippen LogP contribution in [0.2, 0.25) is 0 Å². The van der Waals surface area contributed by atoms with Crippen molar-refractivity contribution in [3.8, 4) is 5.75 Å². The van der Waals surface area contributed by atoms with Gasteiger partial charge in [0.15, 0.2) is 0 Å². The maximum Gasteiger partial charge on any atom is 0.119 e. The Hall–Kier alpha value is -1.10. The molecule has 17 heavy (non-hydrogen) atoms. The predicted octanol–water partition coefficient (Wildman–Crippen LogP) is 1.23. The van der Waals surface area contributed by atoms with Crippen LogP contribution in [0.3, 0.4) is 0 Å². The van der Waals surface area contributed by atoms with Gasteiger partial charge < -0.3 is 9.84 Å². The Kier molecular flexibility index (Phi) is 3.99. The van der Waals surface area contributed by atoms with E-state index in [4.69, 9.17) is 4.74 Å². The number of hydrogen-bond acceptors (Lipinski definition) is 4. The third-order valence-corrected chi connectivity index (χ3v) is 3.33. The minimum atomic E-state index is 0.117. The molecule has 0 radical (unpaired) electrons. The van der Waals surface area contributed by atoms with Gasteiger partial charge in [0, 0.05) is 6.04 Å². The van der Waals surface area contributed by atoms with E-state index in [1.165, 1.54) is 5.56 Å². The molecule has 3 unspecified atom stereocenters. The molecule has 0 saturated carbocycles. The second-order valence-electron chi connectivity index (χ2n) is 4.42. The molecule has 1 aromatic carbocycles. The van der Waals surface area contributed by atoms with Crippen LogP contribution in [0.25, 0.3) is 0 Å². The van der Waals surface area contributed by atoms with Crippen molar-refractivity contribution in [2.45, 2.75) is 25.9 Å². The molecule has 1 aromatic rings. The van der Waals surface area contributed by atoms with E-state index in [1.54, 1.807) is 0 Å². The smallest absolute Gasteiger partial charge is 0.119 e. The number of nitrogens with one attached hydrogen (secondary N) is 2. The Morgan fingerprint density at radius 3 is 2.47 bits per heavy atom. The van der Waals surface area contributed by atoms with Gasteiger partial charge in [-0.05, 0) is 30.5 Å². The highest BCUT2D eigenvalue weighted by Crippen LogP contribution is 2.29. The largest absolute Gasteiger partial charge is 0.494 e. The lowest BCUT2D eigenvalue weighted by Crippen LogP contribution is -2.34. The molecule has 0 aliphatic carbocycles. The van der Waals surface area contributed by atoms with E-state index >= 15 is 0 Å². The third-order valence-electron chi connectivity index (χ3n) is 3.33. The molecule has 1 heterocycles. The van der Waals surface area contributed by atoms with Crippen LogP contribution in [0.1, 0.15) is 25.5 Å². The van der Waals surface area contributed by atoms with Gasteiger partial charge in [-0.2, -0.15) is 0 Å². The van der Waals surface area contributed by atoms with Crippen LogP contribution >= 0.6 is 0 Å². The summed E-state index contributed by atoms with van der Waals surface area (Å²) in [4.78, 5) is 0.